The van der Waals surface area contributed by atoms with Crippen LogP contribution in [0, 0.1) is 0 Å². The van der Waals surface area contributed by atoms with E-state index in [1.807, 2.05) is 6.79 Å². The van der Waals surface area contributed by atoms with E-state index in [2.05, 4.69) is 6.92 Å². The van der Waals surface area contributed by atoms with Crippen LogP contribution in [0.1, 0.15) is 51.9 Å². The van der Waals surface area contributed by atoms with Crippen molar-refractivity contribution in [2.24, 2.45) is 17.2 Å². The second-order valence-corrected chi connectivity index (χ2v) is 3.63. The summed E-state index contributed by atoms with van der Waals surface area (Å²) in [6, 6.07) is 0. The van der Waals surface area contributed by atoms with Gasteiger partial charge in [-0.1, -0.05) is 39.0 Å². The molecule has 0 unspecified atom stereocenters. The van der Waals surface area contributed by atoms with Gasteiger partial charge in [0.25, 0.3) is 0 Å². The Labute approximate surface area is 87.2 Å². The first-order chi connectivity index (χ1) is 6.56. The largest absolute Gasteiger partial charge is 0.307 e. The van der Waals surface area contributed by atoms with Gasteiger partial charge >= 0.3 is 0 Å². The van der Waals surface area contributed by atoms with Gasteiger partial charge in [-0.3, -0.25) is 0 Å². The quantitative estimate of drug-likeness (QED) is 0.426. The summed E-state index contributed by atoms with van der Waals surface area (Å²) < 4.78 is 0. The Hall–Kier alpha value is -0.450. The number of rotatable bonds is 7. The van der Waals surface area contributed by atoms with Crippen molar-refractivity contribution in [2.75, 3.05) is 0 Å². The highest BCUT2D eigenvalue weighted by Crippen LogP contribution is 2.08. The third-order valence-corrected chi connectivity index (χ3v) is 1.96. The molecule has 0 aliphatic rings. The molecule has 0 heterocycles. The standard InChI is InChI=1S/C9H23N3.CH2O/c1-2-3-4-5-6-7-8-9(10,11)12;1-2/h2-8,10-12H2,1H3;1H2. The third-order valence-electron chi connectivity index (χ3n) is 1.96. The highest BCUT2D eigenvalue weighted by atomic mass is 16.1. The van der Waals surface area contributed by atoms with E-state index in [0.717, 1.165) is 12.8 Å². The lowest BCUT2D eigenvalue weighted by Gasteiger charge is -2.17. The van der Waals surface area contributed by atoms with Gasteiger partial charge in [-0.2, -0.15) is 0 Å². The Balaban J connectivity index is 0. The summed E-state index contributed by atoms with van der Waals surface area (Å²) in [6.45, 7) is 4.21. The van der Waals surface area contributed by atoms with Gasteiger partial charge < -0.3 is 22.0 Å². The van der Waals surface area contributed by atoms with Gasteiger partial charge in [0.2, 0.25) is 0 Å². The molecule has 4 heteroatoms. The predicted molar refractivity (Wildman–Crippen MR) is 60.4 cm³/mol. The van der Waals surface area contributed by atoms with Crippen molar-refractivity contribution in [3.05, 3.63) is 0 Å². The monoisotopic (exact) mass is 203 g/mol. The minimum atomic E-state index is -0.954. The van der Waals surface area contributed by atoms with Crippen molar-refractivity contribution in [1.29, 1.82) is 0 Å². The SMILES string of the molecule is C=O.CCCCCCCCC(N)(N)N. The molecule has 86 valence electrons. The summed E-state index contributed by atoms with van der Waals surface area (Å²) in [5, 5.41) is 0. The van der Waals surface area contributed by atoms with Crippen LogP contribution in [0.4, 0.5) is 0 Å². The van der Waals surface area contributed by atoms with Gasteiger partial charge in [0.05, 0.1) is 0 Å². The van der Waals surface area contributed by atoms with Crippen molar-refractivity contribution in [3.63, 3.8) is 0 Å². The van der Waals surface area contributed by atoms with Crippen molar-refractivity contribution in [3.8, 4) is 0 Å². The molecule has 0 saturated heterocycles. The fraction of sp³-hybridized carbons (Fsp3) is 0.900. The normalized spacial score (nSPS) is 10.6. The number of hydrogen-bond donors (Lipinski definition) is 3. The van der Waals surface area contributed by atoms with E-state index < -0.39 is 5.79 Å². The first-order valence-corrected chi connectivity index (χ1v) is 5.22. The summed E-state index contributed by atoms with van der Waals surface area (Å²) in [7, 11) is 0. The number of carbonyl (C=O) groups excluding carboxylic acids is 1. The number of hydrogen-bond acceptors (Lipinski definition) is 4. The molecule has 14 heavy (non-hydrogen) atoms. The molecule has 0 bridgehead atoms. The zero-order valence-electron chi connectivity index (χ0n) is 9.30. The Kier molecular flexibility index (Phi) is 12.1. The molecule has 0 aromatic heterocycles. The maximum atomic E-state index is 8.00. The lowest BCUT2D eigenvalue weighted by Crippen LogP contribution is -2.57. The molecule has 0 aromatic carbocycles. The lowest BCUT2D eigenvalue weighted by atomic mass is 10.1. The average Bonchev–Trinajstić information content (AvgIpc) is 2.13. The molecule has 0 aromatic rings. The molecule has 0 fully saturated rings. The molecular weight excluding hydrogens is 178 g/mol. The summed E-state index contributed by atoms with van der Waals surface area (Å²) in [5.41, 5.74) is 16.3. The smallest absolute Gasteiger partial charge is 0.115 e. The summed E-state index contributed by atoms with van der Waals surface area (Å²) in [6.07, 6.45) is 8.19. The summed E-state index contributed by atoms with van der Waals surface area (Å²) in [4.78, 5) is 8.00. The molecule has 0 rings (SSSR count). The zero-order chi connectivity index (χ0) is 11.4. The Morgan fingerprint density at radius 2 is 1.36 bits per heavy atom. The fourth-order valence-electron chi connectivity index (χ4n) is 1.21. The van der Waals surface area contributed by atoms with Crippen molar-refractivity contribution < 1.29 is 4.79 Å². The second kappa shape index (κ2) is 10.6. The predicted octanol–water partition coefficient (Wildman–Crippen LogP) is 1.08. The first-order valence-electron chi connectivity index (χ1n) is 5.22. The average molecular weight is 203 g/mol. The van der Waals surface area contributed by atoms with Crippen LogP contribution in [-0.4, -0.2) is 12.6 Å². The van der Waals surface area contributed by atoms with Gasteiger partial charge in [0, 0.05) is 0 Å². The van der Waals surface area contributed by atoms with E-state index in [9.17, 15) is 0 Å². The van der Waals surface area contributed by atoms with E-state index in [-0.39, 0.29) is 0 Å². The van der Waals surface area contributed by atoms with E-state index in [1.54, 1.807) is 0 Å². The van der Waals surface area contributed by atoms with Crippen LogP contribution in [0.3, 0.4) is 0 Å². The number of carbonyl (C=O) groups is 1. The van der Waals surface area contributed by atoms with E-state index in [0.29, 0.717) is 0 Å². The van der Waals surface area contributed by atoms with Gasteiger partial charge in [-0.05, 0) is 12.8 Å². The van der Waals surface area contributed by atoms with Crippen molar-refractivity contribution >= 4 is 6.79 Å². The Morgan fingerprint density at radius 3 is 1.79 bits per heavy atom. The molecule has 4 nitrogen and oxygen atoms in total. The number of nitrogens with two attached hydrogens (primary N) is 3. The molecule has 0 aliphatic heterocycles. The molecule has 0 spiro atoms. The highest BCUT2D eigenvalue weighted by Gasteiger charge is 2.09. The van der Waals surface area contributed by atoms with Gasteiger partial charge in [0.15, 0.2) is 0 Å². The molecule has 0 atom stereocenters. The van der Waals surface area contributed by atoms with Crippen LogP contribution in [0.15, 0.2) is 0 Å². The van der Waals surface area contributed by atoms with E-state index in [4.69, 9.17) is 22.0 Å². The van der Waals surface area contributed by atoms with Crippen LogP contribution in [0.2, 0.25) is 0 Å². The van der Waals surface area contributed by atoms with Crippen molar-refractivity contribution in [1.82, 2.24) is 0 Å². The van der Waals surface area contributed by atoms with Gasteiger partial charge in [0.1, 0.15) is 12.6 Å². The molecule has 0 aliphatic carbocycles. The topological polar surface area (TPSA) is 95.1 Å². The zero-order valence-corrected chi connectivity index (χ0v) is 9.30. The Morgan fingerprint density at radius 1 is 0.929 bits per heavy atom. The highest BCUT2D eigenvalue weighted by molar-refractivity contribution is 5.10. The molecular formula is C10H25N3O. The summed E-state index contributed by atoms with van der Waals surface area (Å²) in [5.74, 6) is -0.954. The fourth-order valence-corrected chi connectivity index (χ4v) is 1.21. The van der Waals surface area contributed by atoms with Gasteiger partial charge in [-0.15, -0.1) is 0 Å². The van der Waals surface area contributed by atoms with Gasteiger partial charge in [-0.25, -0.2) is 0 Å². The number of unbranched alkanes of at least 4 members (excludes halogenated alkanes) is 5. The Bertz CT molecular complexity index is 112. The van der Waals surface area contributed by atoms with E-state index >= 15 is 0 Å². The second-order valence-electron chi connectivity index (χ2n) is 3.63. The lowest BCUT2D eigenvalue weighted by molar-refractivity contribution is -0.0979. The van der Waals surface area contributed by atoms with Crippen LogP contribution >= 0.6 is 0 Å². The first kappa shape index (κ1) is 16.0. The maximum Gasteiger partial charge on any atom is 0.115 e. The van der Waals surface area contributed by atoms with Crippen LogP contribution < -0.4 is 17.2 Å². The molecule has 0 saturated carbocycles. The van der Waals surface area contributed by atoms with Crippen LogP contribution in [0.25, 0.3) is 0 Å². The maximum absolute atomic E-state index is 8.00. The summed E-state index contributed by atoms with van der Waals surface area (Å²) >= 11 is 0. The molecule has 0 radical (unpaired) electrons. The third kappa shape index (κ3) is 17.6. The molecule has 6 N–H and O–H groups in total. The minimum absolute atomic E-state index is 0.721. The van der Waals surface area contributed by atoms with E-state index in [1.165, 1.54) is 32.1 Å². The van der Waals surface area contributed by atoms with Crippen LogP contribution in [-0.2, 0) is 4.79 Å². The van der Waals surface area contributed by atoms with Crippen molar-refractivity contribution in [2.45, 2.75) is 57.7 Å². The minimum Gasteiger partial charge on any atom is -0.307 e. The van der Waals surface area contributed by atoms with Crippen LogP contribution in [0.5, 0.6) is 0 Å². The molecule has 0 amide bonds.